The molecule has 0 radical (unpaired) electrons. The first-order valence-corrected chi connectivity index (χ1v) is 6.77. The van der Waals surface area contributed by atoms with Gasteiger partial charge in [0, 0.05) is 10.5 Å². The quantitative estimate of drug-likeness (QED) is 0.813. The van der Waals surface area contributed by atoms with Crippen LogP contribution in [0.5, 0.6) is 0 Å². The van der Waals surface area contributed by atoms with Crippen molar-refractivity contribution in [3.05, 3.63) is 40.4 Å². The minimum Gasteiger partial charge on any atom is -0.382 e. The summed E-state index contributed by atoms with van der Waals surface area (Å²) in [5, 5.41) is 0.632. The lowest BCUT2D eigenvalue weighted by Gasteiger charge is -2.07. The van der Waals surface area contributed by atoms with E-state index in [9.17, 15) is 8.78 Å². The lowest BCUT2D eigenvalue weighted by Crippen LogP contribution is -1.94. The SMILES string of the molecule is Nc1nc(-c2ccc(SC(F)F)cc2)c(Cl)cc1Cl. The van der Waals surface area contributed by atoms with Gasteiger partial charge in [-0.05, 0) is 18.2 Å². The number of alkyl halides is 2. The third-order valence-corrected chi connectivity index (χ3v) is 3.62. The molecule has 0 aliphatic carbocycles. The van der Waals surface area contributed by atoms with E-state index in [2.05, 4.69) is 4.98 Å². The summed E-state index contributed by atoms with van der Waals surface area (Å²) in [5.41, 5.74) is 6.77. The van der Waals surface area contributed by atoms with Crippen molar-refractivity contribution in [3.8, 4) is 11.3 Å². The molecule has 2 rings (SSSR count). The Morgan fingerprint density at radius 2 is 1.74 bits per heavy atom. The van der Waals surface area contributed by atoms with Gasteiger partial charge in [0.15, 0.2) is 0 Å². The second kappa shape index (κ2) is 5.94. The maximum atomic E-state index is 12.2. The second-order valence-corrected chi connectivity index (χ2v) is 5.47. The summed E-state index contributed by atoms with van der Waals surface area (Å²) in [6, 6.07) is 7.98. The predicted octanol–water partition coefficient (Wildman–Crippen LogP) is 4.95. The van der Waals surface area contributed by atoms with Gasteiger partial charge in [-0.25, -0.2) is 4.98 Å². The molecule has 2 nitrogen and oxygen atoms in total. The van der Waals surface area contributed by atoms with Crippen molar-refractivity contribution in [2.75, 3.05) is 5.73 Å². The lowest BCUT2D eigenvalue weighted by molar-refractivity contribution is 0.252. The molecule has 1 heterocycles. The number of halogens is 4. The molecule has 0 atom stereocenters. The van der Waals surface area contributed by atoms with Crippen LogP contribution in [0.1, 0.15) is 0 Å². The summed E-state index contributed by atoms with van der Waals surface area (Å²) in [5.74, 6) is -2.27. The van der Waals surface area contributed by atoms with Gasteiger partial charge in [-0.15, -0.1) is 0 Å². The van der Waals surface area contributed by atoms with Crippen LogP contribution in [0.3, 0.4) is 0 Å². The highest BCUT2D eigenvalue weighted by Crippen LogP contribution is 2.33. The zero-order chi connectivity index (χ0) is 14.0. The molecule has 19 heavy (non-hydrogen) atoms. The Kier molecular flexibility index (Phi) is 4.50. The minimum absolute atomic E-state index is 0.173. The number of nitrogen functional groups attached to an aromatic ring is 1. The van der Waals surface area contributed by atoms with Crippen LogP contribution in [0.25, 0.3) is 11.3 Å². The van der Waals surface area contributed by atoms with E-state index >= 15 is 0 Å². The van der Waals surface area contributed by atoms with Gasteiger partial charge in [-0.1, -0.05) is 47.1 Å². The average molecular weight is 321 g/mol. The van der Waals surface area contributed by atoms with E-state index in [0.29, 0.717) is 32.9 Å². The van der Waals surface area contributed by atoms with Crippen molar-refractivity contribution in [1.82, 2.24) is 4.98 Å². The lowest BCUT2D eigenvalue weighted by atomic mass is 10.1. The second-order valence-electron chi connectivity index (χ2n) is 3.59. The smallest absolute Gasteiger partial charge is 0.288 e. The van der Waals surface area contributed by atoms with Gasteiger partial charge in [-0.3, -0.25) is 0 Å². The number of pyridine rings is 1. The average Bonchev–Trinajstić information content (AvgIpc) is 2.34. The number of thioether (sulfide) groups is 1. The van der Waals surface area contributed by atoms with E-state index in [1.807, 2.05) is 0 Å². The number of nitrogens with zero attached hydrogens (tertiary/aromatic N) is 1. The number of hydrogen-bond acceptors (Lipinski definition) is 3. The fourth-order valence-corrected chi connectivity index (χ4v) is 2.44. The van der Waals surface area contributed by atoms with Crippen LogP contribution in [0.4, 0.5) is 14.6 Å². The van der Waals surface area contributed by atoms with E-state index in [0.717, 1.165) is 0 Å². The van der Waals surface area contributed by atoms with Crippen molar-refractivity contribution >= 4 is 40.8 Å². The molecule has 0 aliphatic rings. The molecule has 0 unspecified atom stereocenters. The molecule has 0 saturated carbocycles. The molecule has 0 amide bonds. The van der Waals surface area contributed by atoms with Crippen LogP contribution < -0.4 is 5.73 Å². The molecule has 1 aromatic heterocycles. The van der Waals surface area contributed by atoms with E-state index < -0.39 is 5.76 Å². The standard InChI is InChI=1S/C12H8Cl2F2N2S/c13-8-5-9(14)11(17)18-10(8)6-1-3-7(4-2-6)19-12(15)16/h1-5,12H,(H2,17,18). The molecule has 0 fully saturated rings. The highest BCUT2D eigenvalue weighted by Gasteiger charge is 2.10. The summed E-state index contributed by atoms with van der Waals surface area (Å²) < 4.78 is 24.4. The molecular weight excluding hydrogens is 313 g/mol. The van der Waals surface area contributed by atoms with Crippen LogP contribution in [-0.2, 0) is 0 Å². The van der Waals surface area contributed by atoms with Crippen LogP contribution in [-0.4, -0.2) is 10.7 Å². The Bertz CT molecular complexity index is 591. The molecule has 0 aliphatic heterocycles. The number of hydrogen-bond donors (Lipinski definition) is 1. The Labute approximate surface area is 122 Å². The third kappa shape index (κ3) is 3.49. The molecule has 2 aromatic rings. The number of rotatable bonds is 3. The molecule has 100 valence electrons. The highest BCUT2D eigenvalue weighted by atomic mass is 35.5. The summed E-state index contributed by atoms with van der Waals surface area (Å²) in [6.45, 7) is 0. The zero-order valence-corrected chi connectivity index (χ0v) is 11.7. The van der Waals surface area contributed by atoms with Crippen LogP contribution >= 0.6 is 35.0 Å². The van der Waals surface area contributed by atoms with Crippen LogP contribution in [0, 0.1) is 0 Å². The normalized spacial score (nSPS) is 11.0. The molecule has 2 N–H and O–H groups in total. The Morgan fingerprint density at radius 1 is 1.11 bits per heavy atom. The van der Waals surface area contributed by atoms with Gasteiger partial charge in [0.05, 0.1) is 15.7 Å². The Balaban J connectivity index is 2.34. The molecular formula is C12H8Cl2F2N2S. The van der Waals surface area contributed by atoms with E-state index in [4.69, 9.17) is 28.9 Å². The Morgan fingerprint density at radius 3 is 2.32 bits per heavy atom. The monoisotopic (exact) mass is 320 g/mol. The molecule has 0 spiro atoms. The molecule has 0 bridgehead atoms. The van der Waals surface area contributed by atoms with Crippen molar-refractivity contribution in [2.24, 2.45) is 0 Å². The van der Waals surface area contributed by atoms with Crippen LogP contribution in [0.15, 0.2) is 35.2 Å². The molecule has 7 heteroatoms. The number of nitrogens with two attached hydrogens (primary N) is 1. The van der Waals surface area contributed by atoms with E-state index in [-0.39, 0.29) is 10.8 Å². The summed E-state index contributed by atoms with van der Waals surface area (Å²) in [4.78, 5) is 4.56. The summed E-state index contributed by atoms with van der Waals surface area (Å²) in [6.07, 6.45) is 0. The van der Waals surface area contributed by atoms with Crippen molar-refractivity contribution in [1.29, 1.82) is 0 Å². The maximum absolute atomic E-state index is 12.2. The van der Waals surface area contributed by atoms with Gasteiger partial charge in [0.1, 0.15) is 5.82 Å². The van der Waals surface area contributed by atoms with Crippen LogP contribution in [0.2, 0.25) is 10.0 Å². The topological polar surface area (TPSA) is 38.9 Å². The zero-order valence-electron chi connectivity index (χ0n) is 9.41. The summed E-state index contributed by atoms with van der Waals surface area (Å²) >= 11 is 12.3. The third-order valence-electron chi connectivity index (χ3n) is 2.31. The highest BCUT2D eigenvalue weighted by molar-refractivity contribution is 7.99. The first-order valence-electron chi connectivity index (χ1n) is 5.14. The van der Waals surface area contributed by atoms with Crippen molar-refractivity contribution < 1.29 is 8.78 Å². The van der Waals surface area contributed by atoms with Gasteiger partial charge < -0.3 is 5.73 Å². The van der Waals surface area contributed by atoms with Gasteiger partial charge in [-0.2, -0.15) is 8.78 Å². The maximum Gasteiger partial charge on any atom is 0.288 e. The fraction of sp³-hybridized carbons (Fsp3) is 0.0833. The molecule has 1 aromatic carbocycles. The number of anilines is 1. The number of benzene rings is 1. The fourth-order valence-electron chi connectivity index (χ4n) is 1.48. The van der Waals surface area contributed by atoms with Gasteiger partial charge in [0.25, 0.3) is 5.76 Å². The Hall–Kier alpha value is -1.04. The first-order chi connectivity index (χ1) is 8.97. The van der Waals surface area contributed by atoms with Crippen molar-refractivity contribution in [3.63, 3.8) is 0 Å². The van der Waals surface area contributed by atoms with E-state index in [1.54, 1.807) is 24.3 Å². The number of aromatic nitrogens is 1. The first kappa shape index (κ1) is 14.4. The van der Waals surface area contributed by atoms with Gasteiger partial charge in [0.2, 0.25) is 0 Å². The minimum atomic E-state index is -2.45. The van der Waals surface area contributed by atoms with Gasteiger partial charge >= 0.3 is 0 Å². The largest absolute Gasteiger partial charge is 0.382 e. The summed E-state index contributed by atoms with van der Waals surface area (Å²) in [7, 11) is 0. The molecule has 0 saturated heterocycles. The predicted molar refractivity (Wildman–Crippen MR) is 76.0 cm³/mol. The van der Waals surface area contributed by atoms with Crippen molar-refractivity contribution in [2.45, 2.75) is 10.7 Å². The van der Waals surface area contributed by atoms with E-state index in [1.165, 1.54) is 6.07 Å².